The molecular formula is C20H19N5OS. The van der Waals surface area contributed by atoms with Crippen LogP contribution in [0.5, 0.6) is 0 Å². The maximum absolute atomic E-state index is 12.7. The van der Waals surface area contributed by atoms with Gasteiger partial charge in [-0.3, -0.25) is 9.78 Å². The summed E-state index contributed by atoms with van der Waals surface area (Å²) in [6.45, 7) is 2.65. The molecule has 0 aromatic carbocycles. The Labute approximate surface area is 160 Å². The van der Waals surface area contributed by atoms with Crippen LogP contribution in [0.2, 0.25) is 0 Å². The van der Waals surface area contributed by atoms with Crippen molar-refractivity contribution in [1.29, 1.82) is 0 Å². The van der Waals surface area contributed by atoms with E-state index in [2.05, 4.69) is 27.2 Å². The standard InChI is InChI=1S/C20H19N5OS/c1-2-16(18-7-5-9-27-18)24-20(26)14-10-17-19(22-11-14)25(13-23-17)12-15-6-3-4-8-21-15/h3-11,13,16H,2,12H2,1H3,(H,24,26). The Balaban J connectivity index is 1.54. The van der Waals surface area contributed by atoms with Crippen LogP contribution in [0.3, 0.4) is 0 Å². The third-order valence-corrected chi connectivity index (χ3v) is 5.36. The van der Waals surface area contributed by atoms with Crippen LogP contribution in [0.1, 0.15) is 40.3 Å². The molecule has 4 aromatic heterocycles. The lowest BCUT2D eigenvalue weighted by atomic mass is 10.1. The summed E-state index contributed by atoms with van der Waals surface area (Å²) in [5, 5.41) is 5.10. The van der Waals surface area contributed by atoms with Crippen molar-refractivity contribution in [3.8, 4) is 0 Å². The van der Waals surface area contributed by atoms with E-state index < -0.39 is 0 Å². The number of rotatable bonds is 6. The molecule has 6 nitrogen and oxygen atoms in total. The average Bonchev–Trinajstić information content (AvgIpc) is 3.37. The fourth-order valence-electron chi connectivity index (χ4n) is 2.96. The molecule has 7 heteroatoms. The lowest BCUT2D eigenvalue weighted by Gasteiger charge is -2.15. The molecule has 136 valence electrons. The number of hydrogen-bond acceptors (Lipinski definition) is 5. The number of amides is 1. The Bertz CT molecular complexity index is 1040. The van der Waals surface area contributed by atoms with Crippen molar-refractivity contribution in [3.05, 3.63) is 76.6 Å². The topological polar surface area (TPSA) is 72.7 Å². The number of thiophene rings is 1. The van der Waals surface area contributed by atoms with E-state index in [0.29, 0.717) is 17.6 Å². The molecule has 1 atom stereocenters. The highest BCUT2D eigenvalue weighted by Gasteiger charge is 2.16. The first-order valence-corrected chi connectivity index (χ1v) is 9.67. The van der Waals surface area contributed by atoms with E-state index in [1.807, 2.05) is 40.3 Å². The minimum Gasteiger partial charge on any atom is -0.344 e. The van der Waals surface area contributed by atoms with Gasteiger partial charge in [-0.1, -0.05) is 19.1 Å². The lowest BCUT2D eigenvalue weighted by Crippen LogP contribution is -2.27. The van der Waals surface area contributed by atoms with E-state index in [9.17, 15) is 4.79 Å². The molecular weight excluding hydrogens is 358 g/mol. The van der Waals surface area contributed by atoms with Crippen LogP contribution in [0, 0.1) is 0 Å². The molecule has 27 heavy (non-hydrogen) atoms. The number of pyridine rings is 2. The van der Waals surface area contributed by atoms with Crippen LogP contribution in [-0.4, -0.2) is 25.4 Å². The molecule has 0 fully saturated rings. The van der Waals surface area contributed by atoms with Gasteiger partial charge in [0.25, 0.3) is 5.91 Å². The quantitative estimate of drug-likeness (QED) is 0.554. The van der Waals surface area contributed by atoms with Gasteiger partial charge < -0.3 is 9.88 Å². The van der Waals surface area contributed by atoms with Gasteiger partial charge in [0, 0.05) is 17.3 Å². The molecule has 4 rings (SSSR count). The van der Waals surface area contributed by atoms with Crippen LogP contribution < -0.4 is 5.32 Å². The number of imidazole rings is 1. The maximum atomic E-state index is 12.7. The number of nitrogens with zero attached hydrogens (tertiary/aromatic N) is 4. The van der Waals surface area contributed by atoms with Gasteiger partial charge in [0.15, 0.2) is 5.65 Å². The summed E-state index contributed by atoms with van der Waals surface area (Å²) in [6.07, 6.45) is 5.94. The summed E-state index contributed by atoms with van der Waals surface area (Å²) in [5.74, 6) is -0.135. The summed E-state index contributed by atoms with van der Waals surface area (Å²) in [5.41, 5.74) is 2.88. The SMILES string of the molecule is CCC(NC(=O)c1cnc2c(c1)ncn2Cc1ccccn1)c1cccs1. The molecule has 0 aliphatic heterocycles. The lowest BCUT2D eigenvalue weighted by molar-refractivity contribution is 0.0936. The van der Waals surface area contributed by atoms with Crippen molar-refractivity contribution in [2.75, 3.05) is 0 Å². The zero-order chi connectivity index (χ0) is 18.6. The van der Waals surface area contributed by atoms with Gasteiger partial charge in [-0.2, -0.15) is 0 Å². The number of carbonyl (C=O) groups excluding carboxylic acids is 1. The van der Waals surface area contributed by atoms with Crippen molar-refractivity contribution in [2.24, 2.45) is 0 Å². The van der Waals surface area contributed by atoms with Crippen molar-refractivity contribution in [3.63, 3.8) is 0 Å². The Morgan fingerprint density at radius 3 is 2.89 bits per heavy atom. The third-order valence-electron chi connectivity index (χ3n) is 4.38. The highest BCUT2D eigenvalue weighted by atomic mass is 32.1. The van der Waals surface area contributed by atoms with Crippen molar-refractivity contribution in [2.45, 2.75) is 25.9 Å². The molecule has 0 aliphatic rings. The first-order chi connectivity index (χ1) is 13.2. The second-order valence-electron chi connectivity index (χ2n) is 6.21. The van der Waals surface area contributed by atoms with E-state index in [1.165, 1.54) is 0 Å². The number of hydrogen-bond donors (Lipinski definition) is 1. The fourth-order valence-corrected chi connectivity index (χ4v) is 3.82. The van der Waals surface area contributed by atoms with Crippen LogP contribution in [0.25, 0.3) is 11.2 Å². The van der Waals surface area contributed by atoms with Gasteiger partial charge in [0.2, 0.25) is 0 Å². The van der Waals surface area contributed by atoms with Gasteiger partial charge in [0.05, 0.1) is 30.2 Å². The molecule has 0 saturated carbocycles. The summed E-state index contributed by atoms with van der Waals surface area (Å²) in [4.78, 5) is 27.0. The number of nitrogens with one attached hydrogen (secondary N) is 1. The summed E-state index contributed by atoms with van der Waals surface area (Å²) >= 11 is 1.65. The average molecular weight is 377 g/mol. The molecule has 4 aromatic rings. The first kappa shape index (κ1) is 17.4. The zero-order valence-electron chi connectivity index (χ0n) is 14.9. The van der Waals surface area contributed by atoms with E-state index >= 15 is 0 Å². The zero-order valence-corrected chi connectivity index (χ0v) is 15.7. The first-order valence-electron chi connectivity index (χ1n) is 8.79. The highest BCUT2D eigenvalue weighted by Crippen LogP contribution is 2.22. The van der Waals surface area contributed by atoms with E-state index in [4.69, 9.17) is 0 Å². The molecule has 4 heterocycles. The third kappa shape index (κ3) is 3.73. The second-order valence-corrected chi connectivity index (χ2v) is 7.19. The Morgan fingerprint density at radius 2 is 2.15 bits per heavy atom. The molecule has 0 saturated heterocycles. The van der Waals surface area contributed by atoms with E-state index in [-0.39, 0.29) is 11.9 Å². The number of aromatic nitrogens is 4. The summed E-state index contributed by atoms with van der Waals surface area (Å²) in [7, 11) is 0. The smallest absolute Gasteiger partial charge is 0.253 e. The van der Waals surface area contributed by atoms with Gasteiger partial charge >= 0.3 is 0 Å². The van der Waals surface area contributed by atoms with Crippen LogP contribution in [0.4, 0.5) is 0 Å². The Kier molecular flexibility index (Phi) is 4.93. The van der Waals surface area contributed by atoms with E-state index in [1.54, 1.807) is 36.1 Å². The minimum atomic E-state index is -0.135. The molecule has 0 radical (unpaired) electrons. The van der Waals surface area contributed by atoms with Crippen LogP contribution in [0.15, 0.2) is 60.5 Å². The van der Waals surface area contributed by atoms with Crippen LogP contribution >= 0.6 is 11.3 Å². The summed E-state index contributed by atoms with van der Waals surface area (Å²) in [6, 6.07) is 11.6. The number of fused-ring (bicyclic) bond motifs is 1. The second kappa shape index (κ2) is 7.67. The molecule has 0 aliphatic carbocycles. The predicted octanol–water partition coefficient (Wildman–Crippen LogP) is 3.82. The largest absolute Gasteiger partial charge is 0.344 e. The van der Waals surface area contributed by atoms with E-state index in [0.717, 1.165) is 22.6 Å². The van der Waals surface area contributed by atoms with Crippen molar-refractivity contribution >= 4 is 28.4 Å². The monoisotopic (exact) mass is 377 g/mol. The summed E-state index contributed by atoms with van der Waals surface area (Å²) < 4.78 is 1.93. The van der Waals surface area contributed by atoms with Crippen molar-refractivity contribution < 1.29 is 4.79 Å². The van der Waals surface area contributed by atoms with Crippen molar-refractivity contribution in [1.82, 2.24) is 24.8 Å². The molecule has 0 spiro atoms. The molecule has 1 amide bonds. The van der Waals surface area contributed by atoms with Gasteiger partial charge in [-0.25, -0.2) is 9.97 Å². The number of carbonyl (C=O) groups is 1. The normalized spacial score (nSPS) is 12.2. The van der Waals surface area contributed by atoms with Gasteiger partial charge in [-0.15, -0.1) is 11.3 Å². The molecule has 1 N–H and O–H groups in total. The fraction of sp³-hybridized carbons (Fsp3) is 0.200. The van der Waals surface area contributed by atoms with Crippen LogP contribution in [-0.2, 0) is 6.54 Å². The highest BCUT2D eigenvalue weighted by molar-refractivity contribution is 7.10. The van der Waals surface area contributed by atoms with Gasteiger partial charge in [-0.05, 0) is 36.1 Å². The molecule has 0 bridgehead atoms. The Hall–Kier alpha value is -3.06. The predicted molar refractivity (Wildman–Crippen MR) is 106 cm³/mol. The minimum absolute atomic E-state index is 0.00918. The maximum Gasteiger partial charge on any atom is 0.253 e. The van der Waals surface area contributed by atoms with Gasteiger partial charge in [0.1, 0.15) is 5.52 Å². The Morgan fingerprint density at radius 1 is 1.22 bits per heavy atom. The molecule has 1 unspecified atom stereocenters.